The van der Waals surface area contributed by atoms with Gasteiger partial charge in [0.25, 0.3) is 0 Å². The van der Waals surface area contributed by atoms with Gasteiger partial charge in [-0.05, 0) is 26.2 Å². The molecule has 0 aliphatic carbocycles. The van der Waals surface area contributed by atoms with Crippen LogP contribution < -0.4 is 0 Å². The van der Waals surface area contributed by atoms with Crippen molar-refractivity contribution < 1.29 is 8.42 Å². The minimum atomic E-state index is -3.23. The summed E-state index contributed by atoms with van der Waals surface area (Å²) in [6.45, 7) is 14.3. The summed E-state index contributed by atoms with van der Waals surface area (Å²) in [4.78, 5) is 0.313. The van der Waals surface area contributed by atoms with Crippen LogP contribution in [0.2, 0.25) is 0 Å². The molecule has 0 atom stereocenters. The van der Waals surface area contributed by atoms with Gasteiger partial charge in [-0.3, -0.25) is 0 Å². The van der Waals surface area contributed by atoms with E-state index >= 15 is 0 Å². The van der Waals surface area contributed by atoms with Crippen LogP contribution in [0, 0.1) is 5.41 Å². The second-order valence-corrected chi connectivity index (χ2v) is 8.01. The molecule has 0 spiro atoms. The van der Waals surface area contributed by atoms with Crippen molar-refractivity contribution in [3.63, 3.8) is 0 Å². The third kappa shape index (κ3) is 2.56. The second-order valence-electron chi connectivity index (χ2n) is 5.29. The summed E-state index contributed by atoms with van der Waals surface area (Å²) in [7, 11) is -3.23. The van der Waals surface area contributed by atoms with Crippen LogP contribution >= 0.6 is 0 Å². The smallest absolute Gasteiger partial charge is 0.179 e. The van der Waals surface area contributed by atoms with Crippen molar-refractivity contribution in [1.82, 2.24) is 0 Å². The van der Waals surface area contributed by atoms with Gasteiger partial charge in [-0.2, -0.15) is 0 Å². The number of hydrogen-bond donors (Lipinski definition) is 0. The standard InChI is InChI=1S/C10H20O2S/c1-8(9(2,3)4)13(11,12)10(5,6)7/h1H2,2-7H3. The van der Waals surface area contributed by atoms with Crippen LogP contribution in [-0.2, 0) is 9.84 Å². The summed E-state index contributed by atoms with van der Waals surface area (Å²) < 4.78 is 23.0. The highest BCUT2D eigenvalue weighted by Crippen LogP contribution is 2.34. The fourth-order valence-electron chi connectivity index (χ4n) is 0.773. The molecule has 0 radical (unpaired) electrons. The van der Waals surface area contributed by atoms with Gasteiger partial charge in [0.05, 0.1) is 4.75 Å². The normalized spacial score (nSPS) is 14.3. The van der Waals surface area contributed by atoms with Crippen molar-refractivity contribution in [2.75, 3.05) is 0 Å². The Morgan fingerprint density at radius 1 is 1.00 bits per heavy atom. The molecular weight excluding hydrogens is 184 g/mol. The van der Waals surface area contributed by atoms with Gasteiger partial charge >= 0.3 is 0 Å². The molecule has 13 heavy (non-hydrogen) atoms. The van der Waals surface area contributed by atoms with Gasteiger partial charge in [0.1, 0.15) is 0 Å². The lowest BCUT2D eigenvalue weighted by Crippen LogP contribution is -2.33. The maximum atomic E-state index is 11.9. The topological polar surface area (TPSA) is 34.1 Å². The maximum Gasteiger partial charge on any atom is 0.179 e. The summed E-state index contributed by atoms with van der Waals surface area (Å²) in [5.41, 5.74) is -0.383. The summed E-state index contributed by atoms with van der Waals surface area (Å²) in [5, 5.41) is 0. The van der Waals surface area contributed by atoms with Crippen LogP contribution in [0.5, 0.6) is 0 Å². The first-order chi connectivity index (χ1) is 5.40. The molecule has 0 unspecified atom stereocenters. The Hall–Kier alpha value is -0.310. The van der Waals surface area contributed by atoms with E-state index in [4.69, 9.17) is 0 Å². The third-order valence-electron chi connectivity index (χ3n) is 1.97. The molecule has 0 saturated heterocycles. The molecule has 0 aliphatic rings. The molecule has 2 nitrogen and oxygen atoms in total. The predicted molar refractivity (Wildman–Crippen MR) is 57.3 cm³/mol. The van der Waals surface area contributed by atoms with Crippen molar-refractivity contribution in [3.05, 3.63) is 11.5 Å². The third-order valence-corrected chi connectivity index (χ3v) is 4.84. The first-order valence-corrected chi connectivity index (χ1v) is 5.83. The van der Waals surface area contributed by atoms with Crippen LogP contribution in [0.25, 0.3) is 0 Å². The van der Waals surface area contributed by atoms with Gasteiger partial charge in [-0.25, -0.2) is 8.42 Å². The minimum Gasteiger partial charge on any atom is -0.223 e. The highest BCUT2D eigenvalue weighted by Gasteiger charge is 2.36. The molecule has 0 bridgehead atoms. The SMILES string of the molecule is C=C(C(C)(C)C)S(=O)(=O)C(C)(C)C. The fraction of sp³-hybridized carbons (Fsp3) is 0.800. The van der Waals surface area contributed by atoms with Gasteiger partial charge in [0.15, 0.2) is 9.84 Å². The zero-order chi connectivity index (χ0) is 11.1. The quantitative estimate of drug-likeness (QED) is 0.658. The van der Waals surface area contributed by atoms with E-state index in [1.165, 1.54) is 0 Å². The van der Waals surface area contributed by atoms with Crippen LogP contribution in [0.15, 0.2) is 11.5 Å². The van der Waals surface area contributed by atoms with Crippen molar-refractivity contribution in [2.45, 2.75) is 46.3 Å². The number of sulfone groups is 1. The van der Waals surface area contributed by atoms with Crippen LogP contribution in [-0.4, -0.2) is 13.2 Å². The molecule has 0 aromatic carbocycles. The Kier molecular flexibility index (Phi) is 3.05. The van der Waals surface area contributed by atoms with Gasteiger partial charge in [-0.15, -0.1) is 0 Å². The number of hydrogen-bond acceptors (Lipinski definition) is 2. The van der Waals surface area contributed by atoms with E-state index < -0.39 is 14.6 Å². The average molecular weight is 204 g/mol. The van der Waals surface area contributed by atoms with Gasteiger partial charge in [-0.1, -0.05) is 27.4 Å². The molecule has 0 fully saturated rings. The van der Waals surface area contributed by atoms with E-state index in [1.54, 1.807) is 20.8 Å². The first kappa shape index (κ1) is 12.7. The fourth-order valence-corrected chi connectivity index (χ4v) is 2.32. The Labute approximate surface area is 82.0 Å². The van der Waals surface area contributed by atoms with E-state index in [1.807, 2.05) is 20.8 Å². The molecule has 0 aliphatic heterocycles. The summed E-state index contributed by atoms with van der Waals surface area (Å²) in [5.74, 6) is 0. The predicted octanol–water partition coefficient (Wildman–Crippen LogP) is 2.76. The number of rotatable bonds is 1. The largest absolute Gasteiger partial charge is 0.223 e. The molecule has 0 aromatic rings. The van der Waals surface area contributed by atoms with Crippen molar-refractivity contribution in [2.24, 2.45) is 5.41 Å². The molecule has 0 N–H and O–H groups in total. The van der Waals surface area contributed by atoms with Gasteiger partial charge in [0.2, 0.25) is 0 Å². The van der Waals surface area contributed by atoms with Crippen molar-refractivity contribution in [3.8, 4) is 0 Å². The maximum absolute atomic E-state index is 11.9. The summed E-state index contributed by atoms with van der Waals surface area (Å²) in [6, 6.07) is 0. The lowest BCUT2D eigenvalue weighted by atomic mass is 9.97. The summed E-state index contributed by atoms with van der Waals surface area (Å²) >= 11 is 0. The zero-order valence-electron chi connectivity index (χ0n) is 9.43. The lowest BCUT2D eigenvalue weighted by molar-refractivity contribution is 0.503. The Morgan fingerprint density at radius 3 is 1.38 bits per heavy atom. The van der Waals surface area contributed by atoms with E-state index in [0.717, 1.165) is 0 Å². The Morgan fingerprint density at radius 2 is 1.31 bits per heavy atom. The number of allylic oxidation sites excluding steroid dienone is 1. The highest BCUT2D eigenvalue weighted by atomic mass is 32.2. The van der Waals surface area contributed by atoms with Crippen molar-refractivity contribution >= 4 is 9.84 Å². The van der Waals surface area contributed by atoms with Crippen LogP contribution in [0.1, 0.15) is 41.5 Å². The second kappa shape index (κ2) is 3.12. The molecule has 0 saturated carbocycles. The highest BCUT2D eigenvalue weighted by molar-refractivity contribution is 7.96. The molecule has 0 amide bonds. The molecule has 0 rings (SSSR count). The van der Waals surface area contributed by atoms with Crippen LogP contribution in [0.4, 0.5) is 0 Å². The summed E-state index contributed by atoms with van der Waals surface area (Å²) in [6.07, 6.45) is 0. The molecular formula is C10H20O2S. The lowest BCUT2D eigenvalue weighted by Gasteiger charge is -2.28. The van der Waals surface area contributed by atoms with E-state index in [0.29, 0.717) is 4.91 Å². The Balaban J connectivity index is 5.25. The van der Waals surface area contributed by atoms with E-state index in [-0.39, 0.29) is 5.41 Å². The van der Waals surface area contributed by atoms with Crippen LogP contribution in [0.3, 0.4) is 0 Å². The molecule has 78 valence electrons. The molecule has 3 heteroatoms. The first-order valence-electron chi connectivity index (χ1n) is 4.35. The van der Waals surface area contributed by atoms with E-state index in [9.17, 15) is 8.42 Å². The van der Waals surface area contributed by atoms with E-state index in [2.05, 4.69) is 6.58 Å². The average Bonchev–Trinajstić information content (AvgIpc) is 1.81. The van der Waals surface area contributed by atoms with Gasteiger partial charge in [0, 0.05) is 4.91 Å². The molecule has 0 aromatic heterocycles. The molecule has 0 heterocycles. The van der Waals surface area contributed by atoms with Crippen molar-refractivity contribution in [1.29, 1.82) is 0 Å². The Bertz CT molecular complexity index is 297. The monoisotopic (exact) mass is 204 g/mol. The zero-order valence-corrected chi connectivity index (χ0v) is 10.2. The minimum absolute atomic E-state index is 0.313. The van der Waals surface area contributed by atoms with Gasteiger partial charge < -0.3 is 0 Å².